The fourth-order valence-electron chi connectivity index (χ4n) is 2.71. The van der Waals surface area contributed by atoms with Gasteiger partial charge in [-0.2, -0.15) is 0 Å². The van der Waals surface area contributed by atoms with Crippen molar-refractivity contribution in [2.75, 3.05) is 39.2 Å². The van der Waals surface area contributed by atoms with E-state index in [2.05, 4.69) is 26.7 Å². The lowest BCUT2D eigenvalue weighted by Crippen LogP contribution is -2.35. The molecular formula is C20H26IN5O2S. The minimum Gasteiger partial charge on any atom is -0.493 e. The number of anilines is 1. The molecule has 0 radical (unpaired) electrons. The molecule has 3 rings (SSSR count). The van der Waals surface area contributed by atoms with Gasteiger partial charge >= 0.3 is 0 Å². The molecule has 1 heterocycles. The van der Waals surface area contributed by atoms with Crippen LogP contribution >= 0.6 is 35.3 Å². The van der Waals surface area contributed by atoms with Gasteiger partial charge in [-0.05, 0) is 36.2 Å². The largest absolute Gasteiger partial charge is 0.493 e. The van der Waals surface area contributed by atoms with E-state index in [1.807, 2.05) is 36.4 Å². The second-order valence-electron chi connectivity index (χ2n) is 6.05. The molecular weight excluding hydrogens is 501 g/mol. The summed E-state index contributed by atoms with van der Waals surface area (Å²) >= 11 is 1.64. The van der Waals surface area contributed by atoms with Crippen LogP contribution in [0.1, 0.15) is 5.56 Å². The minimum absolute atomic E-state index is 0. The molecule has 0 amide bonds. The van der Waals surface area contributed by atoms with Crippen LogP contribution in [-0.2, 0) is 6.42 Å². The van der Waals surface area contributed by atoms with Crippen molar-refractivity contribution in [1.29, 1.82) is 0 Å². The van der Waals surface area contributed by atoms with E-state index < -0.39 is 0 Å². The van der Waals surface area contributed by atoms with Crippen LogP contribution in [-0.4, -0.2) is 44.8 Å². The summed E-state index contributed by atoms with van der Waals surface area (Å²) < 4.78 is 11.7. The van der Waals surface area contributed by atoms with Crippen molar-refractivity contribution in [3.05, 3.63) is 48.0 Å². The number of hydrogen-bond donors (Lipinski definition) is 3. The van der Waals surface area contributed by atoms with Gasteiger partial charge < -0.3 is 25.8 Å². The summed E-state index contributed by atoms with van der Waals surface area (Å²) in [6, 6.07) is 13.9. The number of ether oxygens (including phenoxy) is 2. The highest BCUT2D eigenvalue weighted by atomic mass is 127. The van der Waals surface area contributed by atoms with E-state index in [9.17, 15) is 0 Å². The van der Waals surface area contributed by atoms with Gasteiger partial charge in [0.25, 0.3) is 0 Å². The first-order chi connectivity index (χ1) is 13.7. The number of nitrogens with one attached hydrogen (secondary N) is 2. The van der Waals surface area contributed by atoms with Crippen molar-refractivity contribution >= 4 is 56.6 Å². The summed E-state index contributed by atoms with van der Waals surface area (Å²) in [5, 5.41) is 7.32. The maximum atomic E-state index is 5.93. The van der Waals surface area contributed by atoms with Crippen LogP contribution < -0.4 is 25.8 Å². The third-order valence-corrected chi connectivity index (χ3v) is 5.13. The second kappa shape index (κ2) is 11.7. The average molecular weight is 527 g/mol. The topological polar surface area (TPSA) is 93.8 Å². The third-order valence-electron chi connectivity index (χ3n) is 4.13. The van der Waals surface area contributed by atoms with Crippen molar-refractivity contribution in [3.8, 4) is 11.5 Å². The first-order valence-electron chi connectivity index (χ1n) is 9.03. The highest BCUT2D eigenvalue weighted by Crippen LogP contribution is 2.27. The van der Waals surface area contributed by atoms with Crippen molar-refractivity contribution in [3.63, 3.8) is 0 Å². The number of nitrogens with two attached hydrogens (primary N) is 1. The van der Waals surface area contributed by atoms with Crippen LogP contribution in [0, 0.1) is 0 Å². The number of hydrogen-bond acceptors (Lipinski definition) is 6. The second-order valence-corrected chi connectivity index (χ2v) is 7.08. The number of para-hydroxylation sites is 1. The van der Waals surface area contributed by atoms with Gasteiger partial charge in [-0.25, -0.2) is 4.98 Å². The molecule has 0 aliphatic rings. The molecule has 0 atom stereocenters. The molecule has 29 heavy (non-hydrogen) atoms. The Labute approximate surface area is 191 Å². The van der Waals surface area contributed by atoms with Gasteiger partial charge in [0, 0.05) is 19.6 Å². The lowest BCUT2D eigenvalue weighted by molar-refractivity contribution is 0.354. The first-order valence-corrected chi connectivity index (χ1v) is 9.85. The van der Waals surface area contributed by atoms with E-state index in [-0.39, 0.29) is 24.0 Å². The Bertz CT molecular complexity index is 915. The van der Waals surface area contributed by atoms with E-state index in [4.69, 9.17) is 15.2 Å². The SMILES string of the molecule is COc1ccc(CCN=C(N)NCCNc2nc3ccccc3s2)cc1OC.I. The molecule has 0 aliphatic carbocycles. The molecule has 4 N–H and O–H groups in total. The monoisotopic (exact) mass is 527 g/mol. The molecule has 1 aromatic heterocycles. The molecule has 0 aliphatic heterocycles. The van der Waals surface area contributed by atoms with Gasteiger partial charge in [0.1, 0.15) is 0 Å². The highest BCUT2D eigenvalue weighted by Gasteiger charge is 2.04. The Morgan fingerprint density at radius 2 is 1.90 bits per heavy atom. The Hall–Kier alpha value is -2.27. The van der Waals surface area contributed by atoms with Gasteiger partial charge in [-0.3, -0.25) is 4.99 Å². The van der Waals surface area contributed by atoms with Crippen LogP contribution in [0.4, 0.5) is 5.13 Å². The molecule has 0 unspecified atom stereocenters. The number of fused-ring (bicyclic) bond motifs is 1. The Morgan fingerprint density at radius 3 is 2.66 bits per heavy atom. The molecule has 0 spiro atoms. The van der Waals surface area contributed by atoms with E-state index >= 15 is 0 Å². The lowest BCUT2D eigenvalue weighted by atomic mass is 10.1. The molecule has 156 valence electrons. The summed E-state index contributed by atoms with van der Waals surface area (Å²) in [4.78, 5) is 8.91. The van der Waals surface area contributed by atoms with Gasteiger partial charge in [0.05, 0.1) is 24.4 Å². The summed E-state index contributed by atoms with van der Waals surface area (Å²) in [7, 11) is 3.25. The zero-order chi connectivity index (χ0) is 19.8. The summed E-state index contributed by atoms with van der Waals surface area (Å²) in [6.45, 7) is 1.98. The van der Waals surface area contributed by atoms with Gasteiger partial charge in [0.15, 0.2) is 22.6 Å². The Balaban J connectivity index is 0.00000300. The zero-order valence-corrected chi connectivity index (χ0v) is 19.6. The summed E-state index contributed by atoms with van der Waals surface area (Å²) in [5.74, 6) is 1.87. The number of aliphatic imine (C=N–C) groups is 1. The molecule has 7 nitrogen and oxygen atoms in total. The fourth-order valence-corrected chi connectivity index (χ4v) is 3.60. The number of methoxy groups -OCH3 is 2. The number of aromatic nitrogens is 1. The fraction of sp³-hybridized carbons (Fsp3) is 0.300. The number of rotatable bonds is 9. The van der Waals surface area contributed by atoms with E-state index in [1.165, 1.54) is 4.70 Å². The van der Waals surface area contributed by atoms with E-state index in [0.717, 1.165) is 34.1 Å². The molecule has 0 saturated carbocycles. The van der Waals surface area contributed by atoms with E-state index in [0.29, 0.717) is 25.6 Å². The van der Waals surface area contributed by atoms with Crippen molar-refractivity contribution in [1.82, 2.24) is 10.3 Å². The highest BCUT2D eigenvalue weighted by molar-refractivity contribution is 14.0. The molecule has 0 fully saturated rings. The predicted molar refractivity (Wildman–Crippen MR) is 131 cm³/mol. The number of guanidine groups is 1. The summed E-state index contributed by atoms with van der Waals surface area (Å²) in [6.07, 6.45) is 0.771. The van der Waals surface area contributed by atoms with Crippen LogP contribution in [0.5, 0.6) is 11.5 Å². The first kappa shape index (κ1) is 23.0. The standard InChI is InChI=1S/C20H25N5O2S.HI/c1-26-16-8-7-14(13-17(16)27-2)9-10-22-19(21)23-11-12-24-20-25-15-5-3-4-6-18(15)28-20;/h3-8,13H,9-12H2,1-2H3,(H,24,25)(H3,21,22,23);1H. The smallest absolute Gasteiger partial charge is 0.188 e. The van der Waals surface area contributed by atoms with Crippen molar-refractivity contribution in [2.45, 2.75) is 6.42 Å². The van der Waals surface area contributed by atoms with Crippen molar-refractivity contribution < 1.29 is 9.47 Å². The quantitative estimate of drug-likeness (QED) is 0.171. The molecule has 9 heteroatoms. The number of benzene rings is 2. The predicted octanol–water partition coefficient (Wildman–Crippen LogP) is 3.49. The number of thiazole rings is 1. The van der Waals surface area contributed by atoms with Crippen LogP contribution in [0.3, 0.4) is 0 Å². The molecule has 3 aromatic rings. The van der Waals surface area contributed by atoms with Crippen LogP contribution in [0.2, 0.25) is 0 Å². The van der Waals surface area contributed by atoms with Gasteiger partial charge in [-0.15, -0.1) is 24.0 Å². The normalized spacial score (nSPS) is 11.0. The van der Waals surface area contributed by atoms with E-state index in [1.54, 1.807) is 25.6 Å². The Kier molecular flexibility index (Phi) is 9.26. The van der Waals surface area contributed by atoms with Gasteiger partial charge in [0.2, 0.25) is 0 Å². The Morgan fingerprint density at radius 1 is 1.10 bits per heavy atom. The maximum Gasteiger partial charge on any atom is 0.188 e. The lowest BCUT2D eigenvalue weighted by Gasteiger charge is -2.09. The van der Waals surface area contributed by atoms with Gasteiger partial charge in [-0.1, -0.05) is 29.5 Å². The molecule has 0 bridgehead atoms. The maximum absolute atomic E-state index is 5.93. The van der Waals surface area contributed by atoms with Crippen LogP contribution in [0.25, 0.3) is 10.2 Å². The van der Waals surface area contributed by atoms with Crippen molar-refractivity contribution in [2.24, 2.45) is 10.7 Å². The number of halogens is 1. The minimum atomic E-state index is 0. The van der Waals surface area contributed by atoms with Crippen LogP contribution in [0.15, 0.2) is 47.5 Å². The molecule has 0 saturated heterocycles. The zero-order valence-electron chi connectivity index (χ0n) is 16.5. The average Bonchev–Trinajstić information content (AvgIpc) is 3.14. The third kappa shape index (κ3) is 6.64. The number of nitrogens with zero attached hydrogens (tertiary/aromatic N) is 2. The molecule has 2 aromatic carbocycles. The summed E-state index contributed by atoms with van der Waals surface area (Å²) in [5.41, 5.74) is 8.06.